The summed E-state index contributed by atoms with van der Waals surface area (Å²) in [5, 5.41) is 0. The van der Waals surface area contributed by atoms with Gasteiger partial charge in [0.2, 0.25) is 0 Å². The third-order valence-electron chi connectivity index (χ3n) is 4.13. The lowest BCUT2D eigenvalue weighted by molar-refractivity contribution is 0.107. The summed E-state index contributed by atoms with van der Waals surface area (Å²) in [6.07, 6.45) is 0. The lowest BCUT2D eigenvalue weighted by Gasteiger charge is -2.31. The lowest BCUT2D eigenvalue weighted by Crippen LogP contribution is -2.27. The Morgan fingerprint density at radius 3 is 1.86 bits per heavy atom. The molecule has 3 rings (SSSR count). The molecule has 0 unspecified atom stereocenters. The van der Waals surface area contributed by atoms with Crippen molar-refractivity contribution in [2.24, 2.45) is 0 Å². The molecule has 120 valence electrons. The van der Waals surface area contributed by atoms with E-state index in [9.17, 15) is 0 Å². The molecule has 0 amide bonds. The highest BCUT2D eigenvalue weighted by Crippen LogP contribution is 2.55. The van der Waals surface area contributed by atoms with E-state index in [1.165, 1.54) is 25.1 Å². The standard InChI is InChI=1S/C19H26OS2/c1-17(2,3)13-9-11-15(21-13)16-12(20-19(11,7)8)10-14(22-16)18(4,5)6/h9-10H,1-8H3. The van der Waals surface area contributed by atoms with Crippen LogP contribution < -0.4 is 4.74 Å². The number of hydrogen-bond acceptors (Lipinski definition) is 3. The van der Waals surface area contributed by atoms with Gasteiger partial charge in [-0.15, -0.1) is 22.7 Å². The van der Waals surface area contributed by atoms with Gasteiger partial charge in [0.15, 0.2) is 0 Å². The zero-order chi connectivity index (χ0) is 16.5. The molecular formula is C19H26OS2. The minimum atomic E-state index is -0.251. The predicted molar refractivity (Wildman–Crippen MR) is 98.7 cm³/mol. The van der Waals surface area contributed by atoms with Crippen molar-refractivity contribution < 1.29 is 4.74 Å². The molecule has 0 aromatic carbocycles. The van der Waals surface area contributed by atoms with Gasteiger partial charge in [-0.3, -0.25) is 0 Å². The number of thiophene rings is 2. The quantitative estimate of drug-likeness (QED) is 0.521. The average Bonchev–Trinajstić information content (AvgIpc) is 2.88. The SMILES string of the molecule is CC(C)(C)c1cc2c(s1)-c1sc(C(C)(C)C)cc1C(C)(C)O2. The van der Waals surface area contributed by atoms with Crippen LogP contribution in [0.5, 0.6) is 5.75 Å². The van der Waals surface area contributed by atoms with Crippen molar-refractivity contribution >= 4 is 22.7 Å². The minimum absolute atomic E-state index is 0.166. The molecule has 1 aliphatic rings. The summed E-state index contributed by atoms with van der Waals surface area (Å²) in [5.74, 6) is 1.06. The maximum atomic E-state index is 6.36. The maximum Gasteiger partial charge on any atom is 0.140 e. The highest BCUT2D eigenvalue weighted by molar-refractivity contribution is 7.22. The summed E-state index contributed by atoms with van der Waals surface area (Å²) in [5.41, 5.74) is 1.44. The molecule has 22 heavy (non-hydrogen) atoms. The van der Waals surface area contributed by atoms with Gasteiger partial charge in [0.1, 0.15) is 11.4 Å². The Bertz CT molecular complexity index is 718. The highest BCUT2D eigenvalue weighted by Gasteiger charge is 2.38. The smallest absolute Gasteiger partial charge is 0.140 e. The highest BCUT2D eigenvalue weighted by atomic mass is 32.1. The summed E-state index contributed by atoms with van der Waals surface area (Å²) < 4.78 is 6.36. The molecular weight excluding hydrogens is 308 g/mol. The molecule has 0 saturated heterocycles. The fourth-order valence-electron chi connectivity index (χ4n) is 2.68. The Hall–Kier alpha value is -0.800. The van der Waals surface area contributed by atoms with Crippen molar-refractivity contribution in [3.8, 4) is 15.5 Å². The van der Waals surface area contributed by atoms with Crippen LogP contribution in [0.25, 0.3) is 9.75 Å². The Morgan fingerprint density at radius 2 is 1.32 bits per heavy atom. The Kier molecular flexibility index (Phi) is 3.37. The Morgan fingerprint density at radius 1 is 0.818 bits per heavy atom. The van der Waals surface area contributed by atoms with Gasteiger partial charge in [-0.2, -0.15) is 0 Å². The molecule has 2 aromatic rings. The molecule has 0 spiro atoms. The van der Waals surface area contributed by atoms with Gasteiger partial charge in [-0.25, -0.2) is 0 Å². The van der Waals surface area contributed by atoms with Crippen molar-refractivity contribution in [2.75, 3.05) is 0 Å². The van der Waals surface area contributed by atoms with Gasteiger partial charge in [-0.1, -0.05) is 41.5 Å². The van der Waals surface area contributed by atoms with E-state index >= 15 is 0 Å². The second-order valence-electron chi connectivity index (χ2n) is 8.77. The van der Waals surface area contributed by atoms with Crippen LogP contribution in [0.4, 0.5) is 0 Å². The van der Waals surface area contributed by atoms with Crippen molar-refractivity contribution in [1.29, 1.82) is 0 Å². The first kappa shape index (κ1) is 16.1. The van der Waals surface area contributed by atoms with Crippen LogP contribution >= 0.6 is 22.7 Å². The molecule has 0 radical (unpaired) electrons. The molecule has 0 fully saturated rings. The minimum Gasteiger partial charge on any atom is -0.482 e. The normalized spacial score (nSPS) is 16.9. The third-order valence-corrected chi connectivity index (χ3v) is 7.40. The van der Waals surface area contributed by atoms with Crippen LogP contribution in [0.2, 0.25) is 0 Å². The lowest BCUT2D eigenvalue weighted by atomic mass is 9.90. The predicted octanol–water partition coefficient (Wildman–Crippen LogP) is 6.70. The molecule has 3 heterocycles. The molecule has 0 atom stereocenters. The fraction of sp³-hybridized carbons (Fsp3) is 0.579. The Labute approximate surface area is 142 Å². The molecule has 0 N–H and O–H groups in total. The molecule has 0 saturated carbocycles. The first-order chi connectivity index (χ1) is 9.89. The zero-order valence-corrected chi connectivity index (χ0v) is 16.5. The first-order valence-electron chi connectivity index (χ1n) is 7.88. The fourth-order valence-corrected chi connectivity index (χ4v) is 5.34. The van der Waals surface area contributed by atoms with Gasteiger partial charge >= 0.3 is 0 Å². The molecule has 2 aromatic heterocycles. The monoisotopic (exact) mass is 334 g/mol. The summed E-state index contributed by atoms with van der Waals surface area (Å²) in [6, 6.07) is 4.61. The summed E-state index contributed by atoms with van der Waals surface area (Å²) in [6.45, 7) is 18.0. The van der Waals surface area contributed by atoms with E-state index in [2.05, 4.69) is 67.5 Å². The van der Waals surface area contributed by atoms with E-state index in [-0.39, 0.29) is 16.4 Å². The average molecular weight is 335 g/mol. The number of rotatable bonds is 0. The van der Waals surface area contributed by atoms with Crippen LogP contribution in [-0.2, 0) is 16.4 Å². The van der Waals surface area contributed by atoms with Gasteiger partial charge in [0.05, 0.1) is 9.75 Å². The number of ether oxygens (including phenoxy) is 1. The van der Waals surface area contributed by atoms with Gasteiger partial charge < -0.3 is 4.74 Å². The molecule has 0 bridgehead atoms. The topological polar surface area (TPSA) is 9.23 Å². The van der Waals surface area contributed by atoms with Crippen LogP contribution in [0.1, 0.15) is 70.7 Å². The maximum absolute atomic E-state index is 6.36. The van der Waals surface area contributed by atoms with Gasteiger partial charge in [0, 0.05) is 15.3 Å². The van der Waals surface area contributed by atoms with Crippen LogP contribution in [0, 0.1) is 0 Å². The zero-order valence-electron chi connectivity index (χ0n) is 14.9. The van der Waals surface area contributed by atoms with Crippen LogP contribution in [-0.4, -0.2) is 0 Å². The van der Waals surface area contributed by atoms with E-state index in [1.807, 2.05) is 22.7 Å². The Balaban J connectivity index is 2.22. The largest absolute Gasteiger partial charge is 0.482 e. The summed E-state index contributed by atoms with van der Waals surface area (Å²) in [4.78, 5) is 5.57. The molecule has 3 heteroatoms. The van der Waals surface area contributed by atoms with E-state index < -0.39 is 0 Å². The second-order valence-corrected chi connectivity index (χ2v) is 10.9. The second kappa shape index (κ2) is 4.61. The summed E-state index contributed by atoms with van der Waals surface area (Å²) in [7, 11) is 0. The third kappa shape index (κ3) is 2.52. The van der Waals surface area contributed by atoms with E-state index in [0.717, 1.165) is 5.75 Å². The van der Waals surface area contributed by atoms with E-state index in [0.29, 0.717) is 0 Å². The van der Waals surface area contributed by atoms with Crippen LogP contribution in [0.15, 0.2) is 12.1 Å². The van der Waals surface area contributed by atoms with Crippen LogP contribution in [0.3, 0.4) is 0 Å². The van der Waals surface area contributed by atoms with Crippen molar-refractivity contribution in [2.45, 2.75) is 71.8 Å². The molecule has 1 nitrogen and oxygen atoms in total. The van der Waals surface area contributed by atoms with Crippen molar-refractivity contribution in [3.63, 3.8) is 0 Å². The number of fused-ring (bicyclic) bond motifs is 3. The van der Waals surface area contributed by atoms with Gasteiger partial charge in [0.25, 0.3) is 0 Å². The van der Waals surface area contributed by atoms with Gasteiger partial charge in [-0.05, 0) is 36.8 Å². The molecule has 1 aliphatic heterocycles. The summed E-state index contributed by atoms with van der Waals surface area (Å²) >= 11 is 3.84. The molecule has 0 aliphatic carbocycles. The van der Waals surface area contributed by atoms with Crippen molar-refractivity contribution in [1.82, 2.24) is 0 Å². The van der Waals surface area contributed by atoms with Crippen molar-refractivity contribution in [3.05, 3.63) is 27.5 Å². The van der Waals surface area contributed by atoms with E-state index in [4.69, 9.17) is 4.74 Å². The number of hydrogen-bond donors (Lipinski definition) is 0. The first-order valence-corrected chi connectivity index (χ1v) is 9.51. The van der Waals surface area contributed by atoms with E-state index in [1.54, 1.807) is 0 Å².